The summed E-state index contributed by atoms with van der Waals surface area (Å²) in [5.74, 6) is -2.37. The van der Waals surface area contributed by atoms with E-state index in [2.05, 4.69) is 0 Å². The zero-order chi connectivity index (χ0) is 18.3. The van der Waals surface area contributed by atoms with Crippen LogP contribution in [0.25, 0.3) is 10.2 Å². The maximum absolute atomic E-state index is 13.5. The van der Waals surface area contributed by atoms with Crippen LogP contribution >= 0.6 is 22.9 Å². The molecule has 7 heteroatoms. The Morgan fingerprint density at radius 3 is 2.81 bits per heavy atom. The predicted octanol–water partition coefficient (Wildman–Crippen LogP) is 5.25. The Balaban J connectivity index is 1.58. The number of para-hydroxylation sites is 1. The third-order valence-electron chi connectivity index (χ3n) is 4.61. The van der Waals surface area contributed by atoms with Gasteiger partial charge in [0.05, 0.1) is 25.8 Å². The van der Waals surface area contributed by atoms with Gasteiger partial charge in [0.1, 0.15) is 0 Å². The van der Waals surface area contributed by atoms with Crippen LogP contribution in [-0.4, -0.2) is 28.9 Å². The summed E-state index contributed by atoms with van der Waals surface area (Å²) in [5, 5.41) is 0.927. The molecule has 1 atom stereocenters. The minimum absolute atomic E-state index is 0.00415. The molecule has 2 aromatic carbocycles. The molecule has 1 aliphatic rings. The number of hydrogen-bond acceptors (Lipinski definition) is 3. The Bertz CT molecular complexity index is 958. The number of hydrogen-bond donors (Lipinski definition) is 0. The highest BCUT2D eigenvalue weighted by Gasteiger charge is 2.29. The first kappa shape index (κ1) is 17.4. The Labute approximate surface area is 158 Å². The van der Waals surface area contributed by atoms with E-state index < -0.39 is 11.6 Å². The molecule has 1 fully saturated rings. The summed E-state index contributed by atoms with van der Waals surface area (Å²) in [6.45, 7) is 1.06. The topological polar surface area (TPSA) is 33.2 Å². The first-order valence-corrected chi connectivity index (χ1v) is 9.51. The third-order valence-corrected chi connectivity index (χ3v) is 6.12. The summed E-state index contributed by atoms with van der Waals surface area (Å²) in [4.78, 5) is 19.1. The SMILES string of the molecule is O=C(c1cc(F)c(F)cc1Cl)N1CCC[C@H](c2nc3ccccc3s2)C1. The van der Waals surface area contributed by atoms with E-state index in [1.165, 1.54) is 0 Å². The van der Waals surface area contributed by atoms with Crippen molar-refractivity contribution in [1.82, 2.24) is 9.88 Å². The Morgan fingerprint density at radius 1 is 1.23 bits per heavy atom. The molecule has 26 heavy (non-hydrogen) atoms. The normalized spacial score (nSPS) is 17.7. The lowest BCUT2D eigenvalue weighted by Crippen LogP contribution is -2.39. The molecule has 1 aromatic heterocycles. The van der Waals surface area contributed by atoms with Crippen molar-refractivity contribution in [3.63, 3.8) is 0 Å². The van der Waals surface area contributed by atoms with Gasteiger partial charge in [-0.25, -0.2) is 13.8 Å². The van der Waals surface area contributed by atoms with Crippen molar-refractivity contribution in [2.75, 3.05) is 13.1 Å². The Hall–Kier alpha value is -2.05. The first-order chi connectivity index (χ1) is 12.5. The quantitative estimate of drug-likeness (QED) is 0.558. The van der Waals surface area contributed by atoms with E-state index in [1.54, 1.807) is 16.2 Å². The lowest BCUT2D eigenvalue weighted by molar-refractivity contribution is 0.0706. The molecule has 2 heterocycles. The fourth-order valence-corrected chi connectivity index (χ4v) is 4.61. The van der Waals surface area contributed by atoms with Gasteiger partial charge in [-0.1, -0.05) is 23.7 Å². The van der Waals surface area contributed by atoms with Crippen molar-refractivity contribution in [2.24, 2.45) is 0 Å². The van der Waals surface area contributed by atoms with Crippen LogP contribution in [0.3, 0.4) is 0 Å². The van der Waals surface area contributed by atoms with Gasteiger partial charge in [-0.15, -0.1) is 11.3 Å². The average Bonchev–Trinajstić information content (AvgIpc) is 3.08. The monoisotopic (exact) mass is 392 g/mol. The molecule has 1 amide bonds. The Morgan fingerprint density at radius 2 is 2.00 bits per heavy atom. The van der Waals surface area contributed by atoms with Crippen LogP contribution in [0.1, 0.15) is 34.1 Å². The number of fused-ring (bicyclic) bond motifs is 1. The Kier molecular flexibility index (Phi) is 4.63. The van der Waals surface area contributed by atoms with Gasteiger partial charge in [-0.2, -0.15) is 0 Å². The molecule has 0 saturated carbocycles. The number of nitrogens with zero attached hydrogens (tertiary/aromatic N) is 2. The number of piperidine rings is 1. The molecular formula is C19H15ClF2N2OS. The van der Waals surface area contributed by atoms with Crippen LogP contribution in [0, 0.1) is 11.6 Å². The summed E-state index contributed by atoms with van der Waals surface area (Å²) in [7, 11) is 0. The largest absolute Gasteiger partial charge is 0.338 e. The highest BCUT2D eigenvalue weighted by Crippen LogP contribution is 2.34. The molecule has 4 rings (SSSR count). The van der Waals surface area contributed by atoms with Crippen LogP contribution in [0.5, 0.6) is 0 Å². The van der Waals surface area contributed by atoms with Gasteiger partial charge in [0.2, 0.25) is 0 Å². The maximum Gasteiger partial charge on any atom is 0.255 e. The van der Waals surface area contributed by atoms with Crippen molar-refractivity contribution in [1.29, 1.82) is 0 Å². The average molecular weight is 393 g/mol. The number of halogens is 3. The van der Waals surface area contributed by atoms with Crippen LogP contribution in [0.4, 0.5) is 8.78 Å². The number of amides is 1. The van der Waals surface area contributed by atoms with E-state index in [9.17, 15) is 13.6 Å². The second-order valence-electron chi connectivity index (χ2n) is 6.36. The van der Waals surface area contributed by atoms with Gasteiger partial charge >= 0.3 is 0 Å². The zero-order valence-electron chi connectivity index (χ0n) is 13.7. The van der Waals surface area contributed by atoms with Gasteiger partial charge in [0.25, 0.3) is 5.91 Å². The number of likely N-dealkylation sites (tertiary alicyclic amines) is 1. The first-order valence-electron chi connectivity index (χ1n) is 8.32. The minimum Gasteiger partial charge on any atom is -0.338 e. The van der Waals surface area contributed by atoms with E-state index >= 15 is 0 Å². The van der Waals surface area contributed by atoms with E-state index in [-0.39, 0.29) is 22.4 Å². The van der Waals surface area contributed by atoms with Gasteiger partial charge in [-0.05, 0) is 37.1 Å². The highest BCUT2D eigenvalue weighted by molar-refractivity contribution is 7.18. The van der Waals surface area contributed by atoms with Crippen LogP contribution in [0.15, 0.2) is 36.4 Å². The molecule has 0 radical (unpaired) electrons. The van der Waals surface area contributed by atoms with Crippen LogP contribution < -0.4 is 0 Å². The van der Waals surface area contributed by atoms with Gasteiger partial charge in [0, 0.05) is 19.0 Å². The van der Waals surface area contributed by atoms with Gasteiger partial charge in [0.15, 0.2) is 11.6 Å². The highest BCUT2D eigenvalue weighted by atomic mass is 35.5. The minimum atomic E-state index is -1.07. The van der Waals surface area contributed by atoms with Crippen molar-refractivity contribution in [3.8, 4) is 0 Å². The third kappa shape index (κ3) is 3.19. The van der Waals surface area contributed by atoms with Crippen LogP contribution in [0.2, 0.25) is 5.02 Å². The molecule has 0 aliphatic carbocycles. The molecule has 1 aliphatic heterocycles. The maximum atomic E-state index is 13.5. The summed E-state index contributed by atoms with van der Waals surface area (Å²) < 4.78 is 27.9. The molecule has 134 valence electrons. The second-order valence-corrected chi connectivity index (χ2v) is 7.83. The summed E-state index contributed by atoms with van der Waals surface area (Å²) in [6.07, 6.45) is 1.77. The van der Waals surface area contributed by atoms with E-state index in [4.69, 9.17) is 16.6 Å². The number of rotatable bonds is 2. The summed E-state index contributed by atoms with van der Waals surface area (Å²) >= 11 is 7.59. The molecule has 0 bridgehead atoms. The predicted molar refractivity (Wildman–Crippen MR) is 98.9 cm³/mol. The summed E-state index contributed by atoms with van der Waals surface area (Å²) in [5.41, 5.74) is 0.954. The molecule has 0 unspecified atom stereocenters. The number of carbonyl (C=O) groups excluding carboxylic acids is 1. The lowest BCUT2D eigenvalue weighted by atomic mass is 9.98. The molecular weight excluding hydrogens is 378 g/mol. The molecule has 3 nitrogen and oxygen atoms in total. The number of carbonyl (C=O) groups is 1. The molecule has 0 spiro atoms. The molecule has 1 saturated heterocycles. The number of benzene rings is 2. The standard InChI is InChI=1S/C19H15ClF2N2OS/c20-13-9-15(22)14(21)8-12(13)19(25)24-7-3-4-11(10-24)18-23-16-5-1-2-6-17(16)26-18/h1-2,5-6,8-9,11H,3-4,7,10H2/t11-/m0/s1. The van der Waals surface area contributed by atoms with E-state index in [0.29, 0.717) is 13.1 Å². The van der Waals surface area contributed by atoms with Gasteiger partial charge in [-0.3, -0.25) is 4.79 Å². The fraction of sp³-hybridized carbons (Fsp3) is 0.263. The fourth-order valence-electron chi connectivity index (χ4n) is 3.28. The van der Waals surface area contributed by atoms with Crippen molar-refractivity contribution < 1.29 is 13.6 Å². The van der Waals surface area contributed by atoms with Crippen molar-refractivity contribution in [2.45, 2.75) is 18.8 Å². The van der Waals surface area contributed by atoms with E-state index in [1.807, 2.05) is 24.3 Å². The molecule has 0 N–H and O–H groups in total. The van der Waals surface area contributed by atoms with Crippen molar-refractivity contribution >= 4 is 39.1 Å². The number of aromatic nitrogens is 1. The second kappa shape index (κ2) is 6.93. The summed E-state index contributed by atoms with van der Waals surface area (Å²) in [6, 6.07) is 9.66. The van der Waals surface area contributed by atoms with Gasteiger partial charge < -0.3 is 4.90 Å². The van der Waals surface area contributed by atoms with E-state index in [0.717, 1.165) is 40.2 Å². The number of thiazole rings is 1. The van der Waals surface area contributed by atoms with Crippen molar-refractivity contribution in [3.05, 3.63) is 63.6 Å². The zero-order valence-corrected chi connectivity index (χ0v) is 15.3. The smallest absolute Gasteiger partial charge is 0.255 e. The van der Waals surface area contributed by atoms with Crippen LogP contribution in [-0.2, 0) is 0 Å². The lowest BCUT2D eigenvalue weighted by Gasteiger charge is -2.32. The molecule has 3 aromatic rings.